The van der Waals surface area contributed by atoms with E-state index in [0.29, 0.717) is 0 Å². The molecule has 0 spiro atoms. The van der Waals surface area contributed by atoms with Crippen LogP contribution in [0.2, 0.25) is 0 Å². The Morgan fingerprint density at radius 1 is 0.692 bits per heavy atom. The van der Waals surface area contributed by atoms with Gasteiger partial charge in [-0.05, 0) is 0 Å². The van der Waals surface area contributed by atoms with Crippen LogP contribution in [0.4, 0.5) is 0 Å². The van der Waals surface area contributed by atoms with Gasteiger partial charge in [-0.3, -0.25) is 4.57 Å². The lowest BCUT2D eigenvalue weighted by molar-refractivity contribution is 0.356. The molecule has 10 nitrogen and oxygen atoms in total. The minimum atomic E-state index is -5.04. The summed E-state index contributed by atoms with van der Waals surface area (Å²) in [6, 6.07) is 0. The smallest absolute Gasteiger partial charge is 0.321 e. The van der Waals surface area contributed by atoms with E-state index in [-0.39, 0.29) is 0 Å². The summed E-state index contributed by atoms with van der Waals surface area (Å²) < 4.78 is 30.8. The number of nitrogens with one attached hydrogen (secondary N) is 2. The van der Waals surface area contributed by atoms with Crippen LogP contribution in [-0.4, -0.2) is 24.5 Å². The van der Waals surface area contributed by atoms with Crippen LogP contribution in [0.25, 0.3) is 0 Å². The molecule has 0 fully saturated rings. The van der Waals surface area contributed by atoms with Crippen molar-refractivity contribution in [2.75, 3.05) is 0 Å². The van der Waals surface area contributed by atoms with E-state index in [1.807, 2.05) is 0 Å². The van der Waals surface area contributed by atoms with Crippen LogP contribution < -0.4 is 9.72 Å². The fraction of sp³-hybridized carbons (Fsp3) is 0. The molecule has 0 unspecified atom stereocenters. The highest BCUT2D eigenvalue weighted by atomic mass is 31.3. The van der Waals surface area contributed by atoms with Gasteiger partial charge in [0.2, 0.25) is 0 Å². The fourth-order valence-corrected chi connectivity index (χ4v) is 3.78. The van der Waals surface area contributed by atoms with Crippen molar-refractivity contribution in [3.05, 3.63) is 0 Å². The molecule has 0 saturated carbocycles. The number of rotatable bonds is 4. The molecule has 0 rings (SSSR count). The van der Waals surface area contributed by atoms with Crippen LogP contribution in [0.1, 0.15) is 0 Å². The Bertz CT molecular complexity index is 279. The van der Waals surface area contributed by atoms with Crippen LogP contribution in [0, 0.1) is 0 Å². The van der Waals surface area contributed by atoms with Crippen LogP contribution in [0.5, 0.6) is 0 Å². The van der Waals surface area contributed by atoms with Crippen molar-refractivity contribution < 1.29 is 38.2 Å². The van der Waals surface area contributed by atoms with Gasteiger partial charge in [0, 0.05) is 0 Å². The Hall–Kier alpha value is 0.410. The molecule has 0 heterocycles. The zero-order valence-corrected chi connectivity index (χ0v) is 8.49. The van der Waals surface area contributed by atoms with Gasteiger partial charge in [-0.25, -0.2) is 9.13 Å². The van der Waals surface area contributed by atoms with E-state index >= 15 is 0 Å². The SMILES string of the molecule is O=P(O)(O)NP(=O)(O)NP(=O)(O)O. The molecule has 0 aliphatic carbocycles. The summed E-state index contributed by atoms with van der Waals surface area (Å²) in [5.41, 5.74) is 0. The number of hydrogen-bond donors (Lipinski definition) is 7. The summed E-state index contributed by atoms with van der Waals surface area (Å²) in [5.74, 6) is 0. The number of hydrogen-bond acceptors (Lipinski definition) is 3. The molecule has 0 bridgehead atoms. The van der Waals surface area contributed by atoms with Gasteiger partial charge in [-0.1, -0.05) is 0 Å². The van der Waals surface area contributed by atoms with Crippen molar-refractivity contribution in [2.24, 2.45) is 0 Å². The second-order valence-corrected chi connectivity index (χ2v) is 6.79. The van der Waals surface area contributed by atoms with Gasteiger partial charge >= 0.3 is 23.2 Å². The summed E-state index contributed by atoms with van der Waals surface area (Å²) in [5, 5.41) is 0. The Kier molecular flexibility index (Phi) is 4.00. The largest absolute Gasteiger partial charge is 0.408 e. The lowest BCUT2D eigenvalue weighted by Gasteiger charge is -2.15. The second-order valence-electron chi connectivity index (χ2n) is 1.86. The van der Waals surface area contributed by atoms with Gasteiger partial charge in [0.15, 0.2) is 0 Å². The first kappa shape index (κ1) is 13.4. The van der Waals surface area contributed by atoms with Crippen molar-refractivity contribution in [3.63, 3.8) is 0 Å². The van der Waals surface area contributed by atoms with Crippen molar-refractivity contribution in [2.45, 2.75) is 0 Å². The Morgan fingerprint density at radius 3 is 1.08 bits per heavy atom. The zero-order valence-electron chi connectivity index (χ0n) is 5.80. The average Bonchev–Trinajstić information content (AvgIpc) is 1.43. The van der Waals surface area contributed by atoms with Crippen molar-refractivity contribution in [1.82, 2.24) is 9.72 Å². The molecule has 7 N–H and O–H groups in total. The Labute approximate surface area is 72.0 Å². The highest BCUT2D eigenvalue weighted by Gasteiger charge is 2.33. The topological polar surface area (TPSA) is 176 Å². The van der Waals surface area contributed by atoms with Crippen LogP contribution >= 0.6 is 23.2 Å². The van der Waals surface area contributed by atoms with Crippen LogP contribution in [-0.2, 0) is 13.7 Å². The average molecular weight is 256 g/mol. The lowest BCUT2D eigenvalue weighted by Crippen LogP contribution is -2.17. The monoisotopic (exact) mass is 256 g/mol. The first-order valence-corrected chi connectivity index (χ1v) is 7.33. The maximum atomic E-state index is 10.6. The molecule has 0 aliphatic rings. The maximum Gasteiger partial charge on any atom is 0.408 e. The molecule has 13 heteroatoms. The summed E-state index contributed by atoms with van der Waals surface area (Å²) >= 11 is 0. The summed E-state index contributed by atoms with van der Waals surface area (Å²) in [4.78, 5) is 42.7. The molecule has 0 amide bonds. The van der Waals surface area contributed by atoms with Gasteiger partial charge in [0.25, 0.3) is 0 Å². The third kappa shape index (κ3) is 8.73. The molecule has 0 aromatic carbocycles. The van der Waals surface area contributed by atoms with E-state index < -0.39 is 23.2 Å². The normalized spacial score (nSPS) is 14.5. The van der Waals surface area contributed by atoms with Crippen LogP contribution in [0.15, 0.2) is 0 Å². The maximum absolute atomic E-state index is 10.6. The standard InChI is InChI=1S/H7N2O8P3/c3-11(4,1-12(5,6)7)2-13(8,9)10/h(H7,1,2,3,4,5,6,7,8,9,10). The third-order valence-electron chi connectivity index (χ3n) is 0.532. The highest BCUT2D eigenvalue weighted by Crippen LogP contribution is 2.51. The molecule has 13 heavy (non-hydrogen) atoms. The Balaban J connectivity index is 4.54. The van der Waals surface area contributed by atoms with Gasteiger partial charge in [0.05, 0.1) is 0 Å². The van der Waals surface area contributed by atoms with E-state index in [9.17, 15) is 13.7 Å². The highest BCUT2D eigenvalue weighted by molar-refractivity contribution is 7.74. The summed E-state index contributed by atoms with van der Waals surface area (Å²) in [6.45, 7) is 0. The molecular weight excluding hydrogens is 249 g/mol. The van der Waals surface area contributed by atoms with Gasteiger partial charge < -0.3 is 24.5 Å². The van der Waals surface area contributed by atoms with Gasteiger partial charge in [-0.2, -0.15) is 0 Å². The van der Waals surface area contributed by atoms with E-state index in [1.54, 1.807) is 0 Å². The fourth-order valence-electron chi connectivity index (χ4n) is 0.376. The quantitative estimate of drug-likeness (QED) is 0.291. The molecule has 0 saturated heterocycles. The van der Waals surface area contributed by atoms with Crippen molar-refractivity contribution in [3.8, 4) is 0 Å². The van der Waals surface area contributed by atoms with E-state index in [4.69, 9.17) is 24.5 Å². The van der Waals surface area contributed by atoms with Crippen molar-refractivity contribution >= 4 is 23.2 Å². The summed E-state index contributed by atoms with van der Waals surface area (Å²) in [7, 11) is -15.0. The lowest BCUT2D eigenvalue weighted by atomic mass is 13.8. The van der Waals surface area contributed by atoms with Crippen molar-refractivity contribution in [1.29, 1.82) is 0 Å². The molecule has 0 aromatic rings. The molecular formula is H7N2O8P3. The Morgan fingerprint density at radius 2 is 0.923 bits per heavy atom. The van der Waals surface area contributed by atoms with Gasteiger partial charge in [0.1, 0.15) is 0 Å². The predicted molar refractivity (Wildman–Crippen MR) is 40.2 cm³/mol. The second kappa shape index (κ2) is 3.88. The van der Waals surface area contributed by atoms with E-state index in [1.165, 1.54) is 0 Å². The molecule has 0 radical (unpaired) electrons. The molecule has 0 aromatic heterocycles. The predicted octanol–water partition coefficient (Wildman–Crippen LogP) is -1.55. The zero-order chi connectivity index (χ0) is 10.9. The minimum Gasteiger partial charge on any atom is -0.321 e. The first-order valence-electron chi connectivity index (χ1n) is 2.44. The third-order valence-corrected chi connectivity index (χ3v) is 4.78. The van der Waals surface area contributed by atoms with E-state index in [0.717, 1.165) is 9.72 Å². The van der Waals surface area contributed by atoms with Gasteiger partial charge in [-0.15, -0.1) is 9.72 Å². The molecule has 0 atom stereocenters. The van der Waals surface area contributed by atoms with Crippen LogP contribution in [0.3, 0.4) is 0 Å². The first-order chi connectivity index (χ1) is 5.41. The van der Waals surface area contributed by atoms with E-state index in [2.05, 4.69) is 0 Å². The molecule has 80 valence electrons. The molecule has 0 aliphatic heterocycles. The summed E-state index contributed by atoms with van der Waals surface area (Å²) in [6.07, 6.45) is 0. The minimum absolute atomic E-state index is 0.826.